The highest BCUT2D eigenvalue weighted by molar-refractivity contribution is 7.80. The summed E-state index contributed by atoms with van der Waals surface area (Å²) >= 11 is 4.82. The number of carbonyl (C=O) groups excluding carboxylic acids is 2. The fraction of sp³-hybridized carbons (Fsp3) is 0.176. The third-order valence-corrected chi connectivity index (χ3v) is 4.03. The van der Waals surface area contributed by atoms with Crippen molar-refractivity contribution in [3.8, 4) is 0 Å². The first-order valence-electron chi connectivity index (χ1n) is 7.40. The van der Waals surface area contributed by atoms with Gasteiger partial charge < -0.3 is 4.90 Å². The number of hydrogen-bond acceptors (Lipinski definition) is 5. The van der Waals surface area contributed by atoms with Crippen molar-refractivity contribution in [2.45, 2.75) is 20.4 Å². The minimum Gasteiger partial charge on any atom is -0.343 e. The molecule has 2 N–H and O–H groups in total. The molecule has 0 bridgehead atoms. The number of nitrogens with one attached hydrogen (secondary N) is 2. The summed E-state index contributed by atoms with van der Waals surface area (Å²) in [5.41, 5.74) is 3.43. The fourth-order valence-electron chi connectivity index (χ4n) is 2.70. The average molecular weight is 340 g/mol. The van der Waals surface area contributed by atoms with Crippen LogP contribution in [-0.2, 0) is 16.1 Å². The van der Waals surface area contributed by atoms with Gasteiger partial charge in [-0.2, -0.15) is 0 Å². The standard InChI is InChI=1S/C17H16N4O2S/c1-10-7-12(14-15(22)19-17(24)20-16(14)23)8-11(2)21(10)9-13-5-3-4-6-18-13/h3-8H,9H2,1-2H3,(H2,19,20,22,23,24). The third-order valence-electron chi connectivity index (χ3n) is 3.82. The largest absolute Gasteiger partial charge is 0.343 e. The summed E-state index contributed by atoms with van der Waals surface area (Å²) in [6.07, 6.45) is 5.39. The first-order valence-corrected chi connectivity index (χ1v) is 7.81. The highest BCUT2D eigenvalue weighted by atomic mass is 32.1. The summed E-state index contributed by atoms with van der Waals surface area (Å²) in [6, 6.07) is 5.77. The second kappa shape index (κ2) is 6.37. The molecule has 1 fully saturated rings. The zero-order valence-corrected chi connectivity index (χ0v) is 14.1. The summed E-state index contributed by atoms with van der Waals surface area (Å²) in [7, 11) is 0. The van der Waals surface area contributed by atoms with Crippen molar-refractivity contribution in [1.29, 1.82) is 0 Å². The van der Waals surface area contributed by atoms with E-state index in [2.05, 4.69) is 20.5 Å². The van der Waals surface area contributed by atoms with E-state index in [1.807, 2.05) is 44.2 Å². The number of thiocarbonyl (C=S) groups is 1. The Kier molecular flexibility index (Phi) is 4.26. The Balaban J connectivity index is 1.93. The average Bonchev–Trinajstić information content (AvgIpc) is 2.51. The molecule has 2 amide bonds. The molecule has 122 valence electrons. The van der Waals surface area contributed by atoms with Crippen LogP contribution in [0.2, 0.25) is 0 Å². The molecule has 0 atom stereocenters. The molecular weight excluding hydrogens is 324 g/mol. The first-order chi connectivity index (χ1) is 11.5. The maximum atomic E-state index is 12.1. The lowest BCUT2D eigenvalue weighted by molar-refractivity contribution is -0.123. The van der Waals surface area contributed by atoms with Gasteiger partial charge in [-0.3, -0.25) is 25.2 Å². The van der Waals surface area contributed by atoms with Crippen molar-refractivity contribution >= 4 is 29.1 Å². The maximum absolute atomic E-state index is 12.1. The van der Waals surface area contributed by atoms with E-state index >= 15 is 0 Å². The van der Waals surface area contributed by atoms with Crippen molar-refractivity contribution in [1.82, 2.24) is 20.5 Å². The van der Waals surface area contributed by atoms with Crippen molar-refractivity contribution in [3.63, 3.8) is 0 Å². The molecule has 1 aromatic rings. The Morgan fingerprint density at radius 2 is 1.71 bits per heavy atom. The van der Waals surface area contributed by atoms with Crippen LogP contribution < -0.4 is 10.6 Å². The monoisotopic (exact) mass is 340 g/mol. The number of aromatic nitrogens is 1. The van der Waals surface area contributed by atoms with Crippen LogP contribution in [0.15, 0.2) is 59.1 Å². The highest BCUT2D eigenvalue weighted by Gasteiger charge is 2.29. The smallest absolute Gasteiger partial charge is 0.263 e. The summed E-state index contributed by atoms with van der Waals surface area (Å²) in [6.45, 7) is 4.49. The highest BCUT2D eigenvalue weighted by Crippen LogP contribution is 2.26. The minimum atomic E-state index is -0.481. The van der Waals surface area contributed by atoms with E-state index in [4.69, 9.17) is 12.2 Å². The van der Waals surface area contributed by atoms with Crippen LogP contribution in [0.25, 0.3) is 0 Å². The summed E-state index contributed by atoms with van der Waals surface area (Å²) in [4.78, 5) is 30.6. The lowest BCUT2D eigenvalue weighted by Crippen LogP contribution is -2.51. The molecule has 0 unspecified atom stereocenters. The van der Waals surface area contributed by atoms with Crippen molar-refractivity contribution in [2.24, 2.45) is 0 Å². The third kappa shape index (κ3) is 3.11. The lowest BCUT2D eigenvalue weighted by Gasteiger charge is -2.30. The van der Waals surface area contributed by atoms with Gasteiger partial charge in [-0.05, 0) is 55.9 Å². The second-order valence-corrected chi connectivity index (χ2v) is 5.95. The van der Waals surface area contributed by atoms with Crippen molar-refractivity contribution < 1.29 is 9.59 Å². The fourth-order valence-corrected chi connectivity index (χ4v) is 2.89. The summed E-state index contributed by atoms with van der Waals surface area (Å²) < 4.78 is 0. The van der Waals surface area contributed by atoms with Gasteiger partial charge in [-0.25, -0.2) is 0 Å². The van der Waals surface area contributed by atoms with Crippen LogP contribution in [0.4, 0.5) is 0 Å². The van der Waals surface area contributed by atoms with Gasteiger partial charge in [0.1, 0.15) is 5.57 Å². The topological polar surface area (TPSA) is 74.3 Å². The van der Waals surface area contributed by atoms with E-state index in [9.17, 15) is 9.59 Å². The minimum absolute atomic E-state index is 0.0309. The molecular formula is C17H16N4O2S. The molecule has 0 spiro atoms. The Morgan fingerprint density at radius 3 is 2.25 bits per heavy atom. The number of amides is 2. The predicted octanol–water partition coefficient (Wildman–Crippen LogP) is 1.53. The molecule has 2 aliphatic heterocycles. The van der Waals surface area contributed by atoms with Gasteiger partial charge in [0.05, 0.1) is 12.2 Å². The molecule has 1 saturated heterocycles. The molecule has 0 radical (unpaired) electrons. The van der Waals surface area contributed by atoms with Crippen LogP contribution in [0, 0.1) is 0 Å². The number of pyridine rings is 1. The Morgan fingerprint density at radius 1 is 1.08 bits per heavy atom. The second-order valence-electron chi connectivity index (χ2n) is 5.55. The van der Waals surface area contributed by atoms with E-state index < -0.39 is 11.8 Å². The number of nitrogens with zero attached hydrogens (tertiary/aromatic N) is 2. The van der Waals surface area contributed by atoms with Crippen LogP contribution in [-0.4, -0.2) is 26.8 Å². The van der Waals surface area contributed by atoms with Gasteiger partial charge in [0.2, 0.25) is 0 Å². The predicted molar refractivity (Wildman–Crippen MR) is 93.2 cm³/mol. The van der Waals surface area contributed by atoms with E-state index in [0.29, 0.717) is 12.1 Å². The number of hydrogen-bond donors (Lipinski definition) is 2. The normalized spacial score (nSPS) is 18.1. The van der Waals surface area contributed by atoms with Crippen LogP contribution in [0.5, 0.6) is 0 Å². The Hall–Kier alpha value is -2.80. The van der Waals surface area contributed by atoms with Gasteiger partial charge in [-0.15, -0.1) is 0 Å². The number of rotatable bonds is 2. The molecule has 6 nitrogen and oxygen atoms in total. The van der Waals surface area contributed by atoms with E-state index in [-0.39, 0.29) is 10.7 Å². The molecule has 1 aromatic heterocycles. The molecule has 3 rings (SSSR count). The van der Waals surface area contributed by atoms with Crippen molar-refractivity contribution in [3.05, 3.63) is 64.8 Å². The van der Waals surface area contributed by atoms with Gasteiger partial charge >= 0.3 is 0 Å². The molecule has 24 heavy (non-hydrogen) atoms. The van der Waals surface area contributed by atoms with Gasteiger partial charge in [0, 0.05) is 17.6 Å². The van der Waals surface area contributed by atoms with E-state index in [0.717, 1.165) is 17.1 Å². The molecule has 0 aromatic carbocycles. The van der Waals surface area contributed by atoms with Gasteiger partial charge in [0.25, 0.3) is 11.8 Å². The zero-order chi connectivity index (χ0) is 17.3. The number of allylic oxidation sites excluding steroid dienone is 5. The quantitative estimate of drug-likeness (QED) is 0.485. The van der Waals surface area contributed by atoms with Crippen LogP contribution >= 0.6 is 12.2 Å². The van der Waals surface area contributed by atoms with Crippen LogP contribution in [0.1, 0.15) is 19.5 Å². The summed E-state index contributed by atoms with van der Waals surface area (Å²) in [5.74, 6) is -0.963. The zero-order valence-electron chi connectivity index (χ0n) is 13.3. The van der Waals surface area contributed by atoms with Gasteiger partial charge in [0.15, 0.2) is 5.11 Å². The number of carbonyl (C=O) groups is 2. The maximum Gasteiger partial charge on any atom is 0.263 e. The lowest BCUT2D eigenvalue weighted by atomic mass is 10.00. The molecule has 3 heterocycles. The Labute approximate surface area is 144 Å². The van der Waals surface area contributed by atoms with Crippen molar-refractivity contribution in [2.75, 3.05) is 0 Å². The molecule has 2 aliphatic rings. The first kappa shape index (κ1) is 16.1. The molecule has 0 aliphatic carbocycles. The van der Waals surface area contributed by atoms with E-state index in [1.54, 1.807) is 6.20 Å². The molecule has 0 saturated carbocycles. The molecule has 7 heteroatoms. The van der Waals surface area contributed by atoms with Gasteiger partial charge in [-0.1, -0.05) is 6.07 Å². The van der Waals surface area contributed by atoms with E-state index in [1.165, 1.54) is 0 Å². The SMILES string of the molecule is CC1=CC(=C2C(=O)NC(=S)NC2=O)C=C(C)N1Cc1ccccn1. The Bertz CT molecular complexity index is 780. The van der Waals surface area contributed by atoms with Crippen LogP contribution in [0.3, 0.4) is 0 Å². The summed E-state index contributed by atoms with van der Waals surface area (Å²) in [5, 5.41) is 4.95.